The van der Waals surface area contributed by atoms with Crippen molar-refractivity contribution in [3.63, 3.8) is 0 Å². The molecule has 0 aliphatic rings. The Morgan fingerprint density at radius 2 is 1.42 bits per heavy atom. The first-order valence-corrected chi connectivity index (χ1v) is 8.96. The molecule has 0 rings (SSSR count). The van der Waals surface area contributed by atoms with E-state index in [1.807, 2.05) is 20.8 Å². The summed E-state index contributed by atoms with van der Waals surface area (Å²) in [4.78, 5) is 37.7. The lowest BCUT2D eigenvalue weighted by Crippen LogP contribution is -2.43. The zero-order chi connectivity index (χ0) is 15.7. The van der Waals surface area contributed by atoms with E-state index in [-0.39, 0.29) is 12.1 Å². The van der Waals surface area contributed by atoms with Crippen molar-refractivity contribution in [3.05, 3.63) is 0 Å². The van der Waals surface area contributed by atoms with Crippen LogP contribution in [-0.4, -0.2) is 53.8 Å². The van der Waals surface area contributed by atoms with E-state index in [1.165, 1.54) is 0 Å². The van der Waals surface area contributed by atoms with Crippen LogP contribution in [0, 0.1) is 0 Å². The van der Waals surface area contributed by atoms with Gasteiger partial charge in [-0.25, -0.2) is 0 Å². The minimum atomic E-state index is -5.36. The summed E-state index contributed by atoms with van der Waals surface area (Å²) in [6, 6.07) is 0. The van der Waals surface area contributed by atoms with Crippen LogP contribution in [0.25, 0.3) is 0 Å². The summed E-state index contributed by atoms with van der Waals surface area (Å²) < 4.78 is 22.3. The fraction of sp³-hybridized carbons (Fsp3) is 1.00. The molecular formula is C9H23NO7P2. The molecule has 0 amide bonds. The van der Waals surface area contributed by atoms with Gasteiger partial charge >= 0.3 is 15.2 Å². The Hall–Kier alpha value is 0.220. The van der Waals surface area contributed by atoms with Crippen LogP contribution >= 0.6 is 15.2 Å². The van der Waals surface area contributed by atoms with Crippen LogP contribution in [0.1, 0.15) is 33.6 Å². The van der Waals surface area contributed by atoms with Crippen molar-refractivity contribution in [2.45, 2.75) is 44.2 Å². The van der Waals surface area contributed by atoms with E-state index in [0.29, 0.717) is 0 Å². The minimum Gasteiger partial charge on any atom is -0.367 e. The Balaban J connectivity index is 5.12. The number of rotatable bonds is 7. The van der Waals surface area contributed by atoms with Gasteiger partial charge in [-0.05, 0) is 27.3 Å². The Morgan fingerprint density at radius 3 is 1.68 bits per heavy atom. The fourth-order valence-corrected chi connectivity index (χ4v) is 3.49. The predicted octanol–water partition coefficient (Wildman–Crippen LogP) is 0.498. The van der Waals surface area contributed by atoms with Crippen molar-refractivity contribution >= 4 is 15.2 Å². The third-order valence-electron chi connectivity index (χ3n) is 3.61. The minimum absolute atomic E-state index is 0.0619. The summed E-state index contributed by atoms with van der Waals surface area (Å²) in [5.41, 5.74) is -0.315. The predicted molar refractivity (Wildman–Crippen MR) is 70.7 cm³/mol. The quantitative estimate of drug-likeness (QED) is 0.428. The van der Waals surface area contributed by atoms with Crippen molar-refractivity contribution in [1.82, 2.24) is 4.90 Å². The molecule has 0 aliphatic carbocycles. The van der Waals surface area contributed by atoms with Gasteiger partial charge in [-0.15, -0.1) is 0 Å². The molecule has 8 nitrogen and oxygen atoms in total. The van der Waals surface area contributed by atoms with Gasteiger partial charge in [0.2, 0.25) is 0 Å². The zero-order valence-electron chi connectivity index (χ0n) is 11.5. The average molecular weight is 319 g/mol. The normalized spacial score (nSPS) is 15.1. The van der Waals surface area contributed by atoms with E-state index >= 15 is 0 Å². The summed E-state index contributed by atoms with van der Waals surface area (Å²) in [5.74, 6) is 0. The standard InChI is InChI=1S/C9H23NO7P2/c1-5-8(2,3)10(4)7-6-9(11,18(12,13)14)19(15,16)17/h11H,5-7H2,1-4H3,(H2,12,13,14)(H2,15,16,17). The highest BCUT2D eigenvalue weighted by molar-refractivity contribution is 7.72. The molecular weight excluding hydrogens is 296 g/mol. The second kappa shape index (κ2) is 5.92. The fourth-order valence-electron chi connectivity index (χ4n) is 1.35. The van der Waals surface area contributed by atoms with Gasteiger partial charge in [0.05, 0.1) is 0 Å². The molecule has 0 spiro atoms. The van der Waals surface area contributed by atoms with E-state index in [0.717, 1.165) is 6.42 Å². The molecule has 0 aromatic heterocycles. The summed E-state index contributed by atoms with van der Waals surface area (Å²) in [6.45, 7) is 5.60. The molecule has 19 heavy (non-hydrogen) atoms. The van der Waals surface area contributed by atoms with Gasteiger partial charge in [0.15, 0.2) is 0 Å². The van der Waals surface area contributed by atoms with Gasteiger partial charge in [-0.1, -0.05) is 6.92 Å². The second-order valence-electron chi connectivity index (χ2n) is 5.20. The Kier molecular flexibility index (Phi) is 5.98. The van der Waals surface area contributed by atoms with Gasteiger partial charge in [0.1, 0.15) is 0 Å². The van der Waals surface area contributed by atoms with Gasteiger partial charge in [0.25, 0.3) is 5.08 Å². The van der Waals surface area contributed by atoms with E-state index in [9.17, 15) is 14.2 Å². The lowest BCUT2D eigenvalue weighted by molar-refractivity contribution is 0.0869. The molecule has 0 heterocycles. The van der Waals surface area contributed by atoms with Gasteiger partial charge in [-0.3, -0.25) is 9.13 Å². The van der Waals surface area contributed by atoms with Crippen LogP contribution in [0.4, 0.5) is 0 Å². The van der Waals surface area contributed by atoms with Gasteiger partial charge in [0, 0.05) is 18.5 Å². The molecule has 0 saturated heterocycles. The van der Waals surface area contributed by atoms with Gasteiger partial charge in [-0.2, -0.15) is 0 Å². The molecule has 10 heteroatoms. The highest BCUT2D eigenvalue weighted by atomic mass is 31.2. The lowest BCUT2D eigenvalue weighted by Gasteiger charge is -2.37. The molecule has 0 atom stereocenters. The molecule has 0 radical (unpaired) electrons. The van der Waals surface area contributed by atoms with E-state index in [1.54, 1.807) is 11.9 Å². The number of hydrogen-bond donors (Lipinski definition) is 5. The maximum absolute atomic E-state index is 11.2. The zero-order valence-corrected chi connectivity index (χ0v) is 13.3. The Morgan fingerprint density at radius 1 is 1.05 bits per heavy atom. The van der Waals surface area contributed by atoms with Crippen molar-refractivity contribution < 1.29 is 33.8 Å². The van der Waals surface area contributed by atoms with E-state index in [2.05, 4.69) is 0 Å². The molecule has 0 aliphatic heterocycles. The molecule has 0 aromatic rings. The average Bonchev–Trinajstić information content (AvgIpc) is 2.21. The Bertz CT molecular complexity index is 377. The van der Waals surface area contributed by atoms with Crippen LogP contribution in [0.5, 0.6) is 0 Å². The van der Waals surface area contributed by atoms with Crippen molar-refractivity contribution in [2.75, 3.05) is 13.6 Å². The summed E-state index contributed by atoms with van der Waals surface area (Å²) in [6.07, 6.45) is 0.00916. The molecule has 0 aromatic carbocycles. The summed E-state index contributed by atoms with van der Waals surface area (Å²) >= 11 is 0. The number of aliphatic hydroxyl groups is 1. The Labute approximate surface area is 112 Å². The van der Waals surface area contributed by atoms with Crippen molar-refractivity contribution in [2.24, 2.45) is 0 Å². The van der Waals surface area contributed by atoms with E-state index in [4.69, 9.17) is 19.6 Å². The van der Waals surface area contributed by atoms with Crippen LogP contribution in [0.15, 0.2) is 0 Å². The highest BCUT2D eigenvalue weighted by Gasteiger charge is 2.59. The maximum Gasteiger partial charge on any atom is 0.369 e. The molecule has 116 valence electrons. The van der Waals surface area contributed by atoms with E-state index < -0.39 is 26.7 Å². The highest BCUT2D eigenvalue weighted by Crippen LogP contribution is 2.68. The number of hydrogen-bond acceptors (Lipinski definition) is 4. The topological polar surface area (TPSA) is 139 Å². The van der Waals surface area contributed by atoms with Crippen molar-refractivity contribution in [3.8, 4) is 0 Å². The monoisotopic (exact) mass is 319 g/mol. The first-order valence-electron chi connectivity index (χ1n) is 5.74. The molecule has 0 bridgehead atoms. The first-order chi connectivity index (χ1) is 8.19. The van der Waals surface area contributed by atoms with Gasteiger partial charge < -0.3 is 29.6 Å². The smallest absolute Gasteiger partial charge is 0.367 e. The van der Waals surface area contributed by atoms with Crippen molar-refractivity contribution in [1.29, 1.82) is 0 Å². The van der Waals surface area contributed by atoms with Crippen LogP contribution in [0.2, 0.25) is 0 Å². The summed E-state index contributed by atoms with van der Waals surface area (Å²) in [7, 11) is -9.06. The largest absolute Gasteiger partial charge is 0.369 e. The number of nitrogens with zero attached hydrogens (tertiary/aromatic N) is 1. The maximum atomic E-state index is 11.2. The third kappa shape index (κ3) is 4.34. The summed E-state index contributed by atoms with van der Waals surface area (Å²) in [5, 5.41) is 6.38. The lowest BCUT2D eigenvalue weighted by atomic mass is 10.00. The molecule has 0 unspecified atom stereocenters. The van der Waals surface area contributed by atoms with Crippen LogP contribution in [-0.2, 0) is 9.13 Å². The third-order valence-corrected chi connectivity index (χ3v) is 7.49. The van der Waals surface area contributed by atoms with Crippen LogP contribution < -0.4 is 0 Å². The van der Waals surface area contributed by atoms with Crippen LogP contribution in [0.3, 0.4) is 0 Å². The first kappa shape index (κ1) is 19.2. The molecule has 0 fully saturated rings. The molecule has 0 saturated carbocycles. The second-order valence-corrected chi connectivity index (χ2v) is 9.21. The SMILES string of the molecule is CCC(C)(C)N(C)CCC(O)(P(=O)(O)O)P(=O)(O)O. The molecule has 5 N–H and O–H groups in total.